The van der Waals surface area contributed by atoms with Gasteiger partial charge in [0, 0.05) is 43.1 Å². The molecule has 5 rings (SSSR count). The van der Waals surface area contributed by atoms with Crippen LogP contribution >= 0.6 is 0 Å². The number of fused-ring (bicyclic) bond motifs is 1. The number of anilines is 4. The molecule has 0 bridgehead atoms. The van der Waals surface area contributed by atoms with Gasteiger partial charge >= 0.3 is 6.09 Å². The van der Waals surface area contributed by atoms with E-state index in [4.69, 9.17) is 19.4 Å². The summed E-state index contributed by atoms with van der Waals surface area (Å²) in [6.45, 7) is 8.23. The molecule has 1 amide bonds. The van der Waals surface area contributed by atoms with E-state index < -0.39 is 11.7 Å². The van der Waals surface area contributed by atoms with E-state index in [1.807, 2.05) is 81.2 Å². The molecule has 2 N–H and O–H groups in total. The predicted octanol–water partition coefficient (Wildman–Crippen LogP) is 4.96. The van der Waals surface area contributed by atoms with Crippen molar-refractivity contribution in [3.05, 3.63) is 54.9 Å². The van der Waals surface area contributed by atoms with E-state index in [1.165, 1.54) is 0 Å². The zero-order chi connectivity index (χ0) is 26.0. The minimum Gasteiger partial charge on any atom is -0.444 e. The molecule has 1 fully saturated rings. The molecule has 0 aliphatic carbocycles. The molecule has 1 saturated heterocycles. The molecule has 0 spiro atoms. The molecule has 37 heavy (non-hydrogen) atoms. The molecule has 4 aromatic rings. The van der Waals surface area contributed by atoms with Crippen LogP contribution in [0.3, 0.4) is 0 Å². The fraction of sp³-hybridized carbons (Fsp3) is 0.333. The number of hydrogen-bond donors (Lipinski definition) is 2. The number of aryl methyl sites for hydroxylation is 1. The number of morpholine rings is 1. The second-order valence-corrected chi connectivity index (χ2v) is 9.93. The number of benzene rings is 2. The number of ether oxygens (including phenoxy) is 2. The van der Waals surface area contributed by atoms with Gasteiger partial charge in [0.25, 0.3) is 0 Å². The maximum Gasteiger partial charge on any atom is 0.412 e. The standard InChI is InChI=1S/C27H31N7O3/c1-27(2,3)37-26(35)30-20-8-6-19(7-9-20)29-24-16-22(31-25(32-24)34-11-13-36-14-12-34)18-5-10-21-23(15-18)33(4)17-28-21/h5-10,15-17H,11-14H2,1-4H3,(H,30,35)(H,29,31,32). The van der Waals surface area contributed by atoms with Gasteiger partial charge in [0.1, 0.15) is 11.4 Å². The molecular formula is C27H31N7O3. The number of imidazole rings is 1. The van der Waals surface area contributed by atoms with Crippen molar-refractivity contribution in [1.29, 1.82) is 0 Å². The maximum atomic E-state index is 12.1. The molecule has 1 aliphatic rings. The number of aromatic nitrogens is 4. The second-order valence-electron chi connectivity index (χ2n) is 9.93. The molecule has 0 radical (unpaired) electrons. The lowest BCUT2D eigenvalue weighted by Crippen LogP contribution is -2.37. The van der Waals surface area contributed by atoms with Crippen molar-refractivity contribution in [1.82, 2.24) is 19.5 Å². The van der Waals surface area contributed by atoms with Gasteiger partial charge < -0.3 is 24.3 Å². The van der Waals surface area contributed by atoms with Gasteiger partial charge in [-0.25, -0.2) is 14.8 Å². The smallest absolute Gasteiger partial charge is 0.412 e. The molecule has 2 aromatic carbocycles. The summed E-state index contributed by atoms with van der Waals surface area (Å²) in [7, 11) is 1.98. The van der Waals surface area contributed by atoms with Crippen LogP contribution in [0.2, 0.25) is 0 Å². The third-order valence-electron chi connectivity index (χ3n) is 5.83. The van der Waals surface area contributed by atoms with E-state index in [2.05, 4.69) is 26.6 Å². The van der Waals surface area contributed by atoms with Crippen molar-refractivity contribution in [3.8, 4) is 11.3 Å². The van der Waals surface area contributed by atoms with Crippen LogP contribution in [0.25, 0.3) is 22.3 Å². The molecule has 10 nitrogen and oxygen atoms in total. The van der Waals surface area contributed by atoms with Crippen molar-refractivity contribution in [2.24, 2.45) is 7.05 Å². The van der Waals surface area contributed by atoms with Crippen LogP contribution in [0, 0.1) is 0 Å². The van der Waals surface area contributed by atoms with E-state index in [1.54, 1.807) is 0 Å². The fourth-order valence-corrected chi connectivity index (χ4v) is 4.04. The average molecular weight is 502 g/mol. The Balaban J connectivity index is 1.41. The van der Waals surface area contributed by atoms with Gasteiger partial charge in [-0.15, -0.1) is 0 Å². The summed E-state index contributed by atoms with van der Waals surface area (Å²) in [4.78, 5) is 28.3. The van der Waals surface area contributed by atoms with Crippen molar-refractivity contribution >= 4 is 40.3 Å². The highest BCUT2D eigenvalue weighted by atomic mass is 16.6. The quantitative estimate of drug-likeness (QED) is 0.395. The fourth-order valence-electron chi connectivity index (χ4n) is 4.04. The van der Waals surface area contributed by atoms with Gasteiger partial charge in [-0.1, -0.05) is 6.07 Å². The number of amides is 1. The first-order chi connectivity index (χ1) is 17.7. The van der Waals surface area contributed by atoms with Crippen LogP contribution in [0.5, 0.6) is 0 Å². The van der Waals surface area contributed by atoms with Crippen LogP contribution in [-0.4, -0.2) is 57.5 Å². The number of nitrogens with zero attached hydrogens (tertiary/aromatic N) is 5. The Labute approximate surface area is 215 Å². The van der Waals surface area contributed by atoms with Crippen LogP contribution in [0.4, 0.5) is 27.9 Å². The van der Waals surface area contributed by atoms with Gasteiger partial charge in [0.15, 0.2) is 0 Å². The third-order valence-corrected chi connectivity index (χ3v) is 5.83. The second kappa shape index (κ2) is 10.1. The van der Waals surface area contributed by atoms with Crippen molar-refractivity contribution < 1.29 is 14.3 Å². The van der Waals surface area contributed by atoms with Crippen molar-refractivity contribution in [2.75, 3.05) is 41.8 Å². The number of rotatable bonds is 5. The zero-order valence-electron chi connectivity index (χ0n) is 21.5. The lowest BCUT2D eigenvalue weighted by Gasteiger charge is -2.27. The molecule has 0 atom stereocenters. The summed E-state index contributed by atoms with van der Waals surface area (Å²) < 4.78 is 12.8. The summed E-state index contributed by atoms with van der Waals surface area (Å²) in [5, 5.41) is 6.13. The minimum absolute atomic E-state index is 0.491. The van der Waals surface area contributed by atoms with E-state index in [0.29, 0.717) is 30.7 Å². The van der Waals surface area contributed by atoms with Crippen LogP contribution < -0.4 is 15.5 Å². The molecule has 0 saturated carbocycles. The Morgan fingerprint density at radius 2 is 1.73 bits per heavy atom. The first-order valence-electron chi connectivity index (χ1n) is 12.2. The number of carbonyl (C=O) groups excluding carboxylic acids is 1. The lowest BCUT2D eigenvalue weighted by atomic mass is 10.1. The Kier molecular flexibility index (Phi) is 6.66. The highest BCUT2D eigenvalue weighted by Gasteiger charge is 2.18. The molecule has 1 aliphatic heterocycles. The number of carbonyl (C=O) groups is 1. The largest absolute Gasteiger partial charge is 0.444 e. The molecule has 192 valence electrons. The molecular weight excluding hydrogens is 470 g/mol. The minimum atomic E-state index is -0.560. The summed E-state index contributed by atoms with van der Waals surface area (Å²) in [6.07, 6.45) is 1.32. The van der Waals surface area contributed by atoms with Crippen LogP contribution in [-0.2, 0) is 16.5 Å². The van der Waals surface area contributed by atoms with Crippen LogP contribution in [0.15, 0.2) is 54.9 Å². The predicted molar refractivity (Wildman–Crippen MR) is 144 cm³/mol. The monoisotopic (exact) mass is 501 g/mol. The van der Waals surface area contributed by atoms with Crippen molar-refractivity contribution in [2.45, 2.75) is 26.4 Å². The summed E-state index contributed by atoms with van der Waals surface area (Å²) in [5.74, 6) is 1.32. The molecule has 2 aromatic heterocycles. The first-order valence-corrected chi connectivity index (χ1v) is 12.2. The normalized spacial score (nSPS) is 14.0. The summed E-state index contributed by atoms with van der Waals surface area (Å²) >= 11 is 0. The van der Waals surface area contributed by atoms with Gasteiger partial charge in [0.2, 0.25) is 5.95 Å². The highest BCUT2D eigenvalue weighted by molar-refractivity contribution is 5.85. The van der Waals surface area contributed by atoms with Gasteiger partial charge in [-0.3, -0.25) is 5.32 Å². The Bertz CT molecular complexity index is 1400. The van der Waals surface area contributed by atoms with Gasteiger partial charge in [-0.05, 0) is 57.2 Å². The Morgan fingerprint density at radius 1 is 1.00 bits per heavy atom. The Morgan fingerprint density at radius 3 is 2.46 bits per heavy atom. The van der Waals surface area contributed by atoms with E-state index >= 15 is 0 Å². The van der Waals surface area contributed by atoms with E-state index in [0.717, 1.165) is 41.1 Å². The van der Waals surface area contributed by atoms with Crippen LogP contribution in [0.1, 0.15) is 20.8 Å². The van der Waals surface area contributed by atoms with E-state index in [9.17, 15) is 4.79 Å². The average Bonchev–Trinajstić information content (AvgIpc) is 3.24. The summed E-state index contributed by atoms with van der Waals surface area (Å²) in [5.41, 5.74) is 4.67. The number of hydrogen-bond acceptors (Lipinski definition) is 8. The lowest BCUT2D eigenvalue weighted by molar-refractivity contribution is 0.0636. The molecule has 0 unspecified atom stereocenters. The zero-order valence-corrected chi connectivity index (χ0v) is 21.5. The number of nitrogens with one attached hydrogen (secondary N) is 2. The summed E-state index contributed by atoms with van der Waals surface area (Å²) in [6, 6.07) is 15.5. The Hall–Kier alpha value is -4.18. The molecule has 3 heterocycles. The van der Waals surface area contributed by atoms with E-state index in [-0.39, 0.29) is 0 Å². The highest BCUT2D eigenvalue weighted by Crippen LogP contribution is 2.28. The SMILES string of the molecule is Cn1cnc2ccc(-c3cc(Nc4ccc(NC(=O)OC(C)(C)C)cc4)nc(N4CCOCC4)n3)cc21. The third kappa shape index (κ3) is 5.97. The molecule has 10 heteroatoms. The topological polar surface area (TPSA) is 106 Å². The first kappa shape index (κ1) is 24.5. The maximum absolute atomic E-state index is 12.1. The van der Waals surface area contributed by atoms with Gasteiger partial charge in [-0.2, -0.15) is 4.98 Å². The van der Waals surface area contributed by atoms with Gasteiger partial charge in [0.05, 0.1) is 36.3 Å². The van der Waals surface area contributed by atoms with Crippen molar-refractivity contribution in [3.63, 3.8) is 0 Å².